The first-order chi connectivity index (χ1) is 21.4. The Morgan fingerprint density at radius 3 is 2.31 bits per heavy atom. The summed E-state index contributed by atoms with van der Waals surface area (Å²) in [4.78, 5) is 26.3. The largest absolute Gasteiger partial charge is 0.496 e. The number of hydrogen-bond acceptors (Lipinski definition) is 5. The van der Waals surface area contributed by atoms with Gasteiger partial charge in [0.25, 0.3) is 0 Å². The molecule has 1 heterocycles. The van der Waals surface area contributed by atoms with Gasteiger partial charge in [-0.05, 0) is 88.8 Å². The fourth-order valence-electron chi connectivity index (χ4n) is 5.40. The SMILES string of the molecule is COC(=O)c1ccc(-c2ccc(OC)c(-c3ccc(C(F)(F)F)cc3CN3CC[C@@H](c4ccc(F)c(F)c4)OC3=O)c2)c(C)c1. The van der Waals surface area contributed by atoms with Crippen molar-refractivity contribution >= 4 is 12.1 Å². The minimum absolute atomic E-state index is 0.0983. The quantitative estimate of drug-likeness (QED) is 0.152. The number of benzene rings is 4. The van der Waals surface area contributed by atoms with E-state index in [4.69, 9.17) is 14.2 Å². The molecule has 1 aliphatic heterocycles. The summed E-state index contributed by atoms with van der Waals surface area (Å²) in [7, 11) is 2.73. The van der Waals surface area contributed by atoms with Gasteiger partial charge in [0.05, 0.1) is 25.3 Å². The second-order valence-electron chi connectivity index (χ2n) is 10.6. The third-order valence-corrected chi connectivity index (χ3v) is 7.72. The molecular formula is C34H28F5NO5. The first-order valence-corrected chi connectivity index (χ1v) is 13.9. The summed E-state index contributed by atoms with van der Waals surface area (Å²) in [6, 6.07) is 16.9. The van der Waals surface area contributed by atoms with E-state index >= 15 is 0 Å². The van der Waals surface area contributed by atoms with Crippen LogP contribution in [0.3, 0.4) is 0 Å². The Hall–Kier alpha value is -4.93. The van der Waals surface area contributed by atoms with Gasteiger partial charge in [-0.15, -0.1) is 0 Å². The topological polar surface area (TPSA) is 65.1 Å². The Balaban J connectivity index is 1.51. The minimum Gasteiger partial charge on any atom is -0.496 e. The molecular weight excluding hydrogens is 597 g/mol. The molecule has 45 heavy (non-hydrogen) atoms. The van der Waals surface area contributed by atoms with Crippen molar-refractivity contribution in [1.82, 2.24) is 4.90 Å². The number of methoxy groups -OCH3 is 2. The molecule has 0 radical (unpaired) electrons. The van der Waals surface area contributed by atoms with Gasteiger partial charge in [-0.2, -0.15) is 13.2 Å². The molecule has 0 unspecified atom stereocenters. The van der Waals surface area contributed by atoms with E-state index in [1.807, 2.05) is 6.92 Å². The fourth-order valence-corrected chi connectivity index (χ4v) is 5.40. The van der Waals surface area contributed by atoms with Crippen LogP contribution < -0.4 is 4.74 Å². The van der Waals surface area contributed by atoms with Gasteiger partial charge in [0.2, 0.25) is 0 Å². The summed E-state index contributed by atoms with van der Waals surface area (Å²) in [6.07, 6.45) is -6.07. The zero-order valence-electron chi connectivity index (χ0n) is 24.5. The van der Waals surface area contributed by atoms with Crippen LogP contribution in [0.1, 0.15) is 45.1 Å². The highest BCUT2D eigenvalue weighted by Gasteiger charge is 2.33. The first kappa shape index (κ1) is 31.5. The second kappa shape index (κ2) is 12.6. The average Bonchev–Trinajstić information content (AvgIpc) is 3.02. The number of aryl methyl sites for hydroxylation is 1. The molecule has 0 saturated carbocycles. The van der Waals surface area contributed by atoms with Gasteiger partial charge in [0.15, 0.2) is 11.6 Å². The Kier molecular flexibility index (Phi) is 8.81. The van der Waals surface area contributed by atoms with E-state index < -0.39 is 41.5 Å². The number of cyclic esters (lactones) is 1. The lowest BCUT2D eigenvalue weighted by Crippen LogP contribution is -2.38. The summed E-state index contributed by atoms with van der Waals surface area (Å²) in [5.41, 5.74) is 3.11. The fraction of sp³-hybridized carbons (Fsp3) is 0.235. The molecule has 11 heteroatoms. The van der Waals surface area contributed by atoms with Crippen LogP contribution >= 0.6 is 0 Å². The van der Waals surface area contributed by atoms with Crippen LogP contribution in [0.2, 0.25) is 0 Å². The lowest BCUT2D eigenvalue weighted by atomic mass is 9.91. The van der Waals surface area contributed by atoms with Crippen molar-refractivity contribution in [2.45, 2.75) is 32.2 Å². The molecule has 1 fully saturated rings. The van der Waals surface area contributed by atoms with Crippen molar-refractivity contribution in [2.75, 3.05) is 20.8 Å². The van der Waals surface area contributed by atoms with Gasteiger partial charge in [0, 0.05) is 25.1 Å². The number of alkyl halides is 3. The highest BCUT2D eigenvalue weighted by Crippen LogP contribution is 2.40. The van der Waals surface area contributed by atoms with E-state index in [-0.39, 0.29) is 30.6 Å². The number of carbonyl (C=O) groups is 2. The number of ether oxygens (including phenoxy) is 3. The highest BCUT2D eigenvalue weighted by molar-refractivity contribution is 5.91. The number of halogens is 5. The van der Waals surface area contributed by atoms with E-state index in [1.54, 1.807) is 36.4 Å². The molecule has 0 aromatic heterocycles. The molecule has 234 valence electrons. The van der Waals surface area contributed by atoms with E-state index in [0.29, 0.717) is 22.4 Å². The van der Waals surface area contributed by atoms with Crippen LogP contribution in [0.25, 0.3) is 22.3 Å². The maximum atomic E-state index is 13.8. The predicted molar refractivity (Wildman–Crippen MR) is 156 cm³/mol. The van der Waals surface area contributed by atoms with Gasteiger partial charge in [-0.3, -0.25) is 0 Å². The van der Waals surface area contributed by atoms with Crippen molar-refractivity contribution in [3.8, 4) is 28.0 Å². The van der Waals surface area contributed by atoms with Crippen molar-refractivity contribution in [3.05, 3.63) is 112 Å². The summed E-state index contributed by atoms with van der Waals surface area (Å²) >= 11 is 0. The van der Waals surface area contributed by atoms with E-state index in [0.717, 1.165) is 41.0 Å². The third-order valence-electron chi connectivity index (χ3n) is 7.72. The summed E-state index contributed by atoms with van der Waals surface area (Å²) in [6.45, 7) is 1.70. The minimum atomic E-state index is -4.64. The van der Waals surface area contributed by atoms with Gasteiger partial charge in [-0.1, -0.05) is 24.3 Å². The third kappa shape index (κ3) is 6.62. The summed E-state index contributed by atoms with van der Waals surface area (Å²) < 4.78 is 84.5. The number of carbonyl (C=O) groups excluding carboxylic acids is 2. The van der Waals surface area contributed by atoms with Crippen LogP contribution in [0.4, 0.5) is 26.7 Å². The molecule has 5 rings (SSSR count). The van der Waals surface area contributed by atoms with Gasteiger partial charge in [0.1, 0.15) is 11.9 Å². The van der Waals surface area contributed by atoms with Crippen molar-refractivity contribution in [1.29, 1.82) is 0 Å². The number of esters is 1. The molecule has 0 N–H and O–H groups in total. The van der Waals surface area contributed by atoms with Gasteiger partial charge >= 0.3 is 18.2 Å². The summed E-state index contributed by atoms with van der Waals surface area (Å²) in [5, 5.41) is 0. The second-order valence-corrected chi connectivity index (χ2v) is 10.6. The Labute approximate surface area is 255 Å². The molecule has 4 aromatic carbocycles. The first-order valence-electron chi connectivity index (χ1n) is 13.9. The van der Waals surface area contributed by atoms with E-state index in [1.165, 1.54) is 31.3 Å². The zero-order valence-corrected chi connectivity index (χ0v) is 24.5. The number of nitrogens with zero attached hydrogens (tertiary/aromatic N) is 1. The number of hydrogen-bond donors (Lipinski definition) is 0. The summed E-state index contributed by atoms with van der Waals surface area (Å²) in [5.74, 6) is -2.21. The monoisotopic (exact) mass is 625 g/mol. The molecule has 6 nitrogen and oxygen atoms in total. The molecule has 4 aromatic rings. The number of amides is 1. The molecule has 0 spiro atoms. The maximum absolute atomic E-state index is 13.8. The lowest BCUT2D eigenvalue weighted by Gasteiger charge is -2.32. The highest BCUT2D eigenvalue weighted by atomic mass is 19.4. The molecule has 1 saturated heterocycles. The normalized spacial score (nSPS) is 15.1. The van der Waals surface area contributed by atoms with Crippen LogP contribution in [0.15, 0.2) is 72.8 Å². The Morgan fingerprint density at radius 1 is 0.911 bits per heavy atom. The Morgan fingerprint density at radius 2 is 1.67 bits per heavy atom. The molecule has 1 amide bonds. The van der Waals surface area contributed by atoms with E-state index in [2.05, 4.69) is 0 Å². The maximum Gasteiger partial charge on any atom is 0.416 e. The van der Waals surface area contributed by atoms with Crippen LogP contribution in [0.5, 0.6) is 5.75 Å². The van der Waals surface area contributed by atoms with Crippen LogP contribution in [-0.2, 0) is 22.2 Å². The predicted octanol–water partition coefficient (Wildman–Crippen LogP) is 8.50. The average molecular weight is 626 g/mol. The van der Waals surface area contributed by atoms with Crippen LogP contribution in [0, 0.1) is 18.6 Å². The Bertz CT molecular complexity index is 1770. The lowest BCUT2D eigenvalue weighted by molar-refractivity contribution is -0.137. The van der Waals surface area contributed by atoms with Gasteiger partial charge in [-0.25, -0.2) is 18.4 Å². The van der Waals surface area contributed by atoms with Gasteiger partial charge < -0.3 is 19.1 Å². The molecule has 0 bridgehead atoms. The van der Waals surface area contributed by atoms with Crippen molar-refractivity contribution in [3.63, 3.8) is 0 Å². The zero-order chi connectivity index (χ0) is 32.5. The van der Waals surface area contributed by atoms with Crippen LogP contribution in [-0.4, -0.2) is 37.7 Å². The number of rotatable bonds is 7. The molecule has 1 atom stereocenters. The smallest absolute Gasteiger partial charge is 0.416 e. The molecule has 1 aliphatic rings. The van der Waals surface area contributed by atoms with Crippen molar-refractivity contribution < 1.29 is 45.8 Å². The van der Waals surface area contributed by atoms with Crippen molar-refractivity contribution in [2.24, 2.45) is 0 Å². The molecule has 0 aliphatic carbocycles. The van der Waals surface area contributed by atoms with E-state index in [9.17, 15) is 31.5 Å². The standard InChI is InChI=1S/C34H28F5NO5/c1-19-14-22(32(41)44-3)4-8-25(19)20-6-11-31(43-2)27(16-20)26-9-7-24(34(37,38)39)15-23(26)18-40-13-12-30(45-33(40)42)21-5-10-28(35)29(36)17-21/h4-11,14-17,30H,12-13,18H2,1-3H3/t30-/m0/s1.